The lowest BCUT2D eigenvalue weighted by Gasteiger charge is -2.09. The van der Waals surface area contributed by atoms with Crippen molar-refractivity contribution in [1.29, 1.82) is 0 Å². The van der Waals surface area contributed by atoms with Crippen LogP contribution in [0.1, 0.15) is 23.1 Å². The van der Waals surface area contributed by atoms with Gasteiger partial charge in [0.1, 0.15) is 0 Å². The molecule has 0 radical (unpaired) electrons. The Kier molecular flexibility index (Phi) is 4.84. The summed E-state index contributed by atoms with van der Waals surface area (Å²) in [7, 11) is 0. The highest BCUT2D eigenvalue weighted by molar-refractivity contribution is 6.06. The first kappa shape index (κ1) is 17.0. The van der Waals surface area contributed by atoms with Crippen LogP contribution in [0.15, 0.2) is 55.0 Å². The van der Waals surface area contributed by atoms with Crippen molar-refractivity contribution in [2.75, 3.05) is 16.4 Å². The molecule has 0 fully saturated rings. The summed E-state index contributed by atoms with van der Waals surface area (Å²) in [4.78, 5) is 36.1. The number of nitrogens with two attached hydrogens (primary N) is 1. The fourth-order valence-electron chi connectivity index (χ4n) is 2.29. The fourth-order valence-corrected chi connectivity index (χ4v) is 2.29. The summed E-state index contributed by atoms with van der Waals surface area (Å²) in [6.07, 6.45) is 4.75. The average Bonchev–Trinajstić information content (AvgIpc) is 2.62. The highest BCUT2D eigenvalue weighted by Crippen LogP contribution is 2.19. The molecule has 0 atom stereocenters. The largest absolute Gasteiger partial charge is 0.382 e. The first-order valence-electron chi connectivity index (χ1n) is 7.75. The maximum absolute atomic E-state index is 12.6. The Hall–Kier alpha value is -3.81. The molecule has 8 nitrogen and oxygen atoms in total. The molecule has 3 aromatic rings. The van der Waals surface area contributed by atoms with E-state index in [1.54, 1.807) is 42.7 Å². The van der Waals surface area contributed by atoms with Crippen LogP contribution in [0.5, 0.6) is 0 Å². The predicted molar refractivity (Wildman–Crippen MR) is 107 cm³/mol. The molecule has 0 saturated heterocycles. The number of amides is 2. The van der Waals surface area contributed by atoms with Crippen LogP contribution in [0.2, 0.25) is 0 Å². The topological polar surface area (TPSA) is 123 Å². The standard InChI is InChI=1S/C18H16N6O2.4H2/c1-11(25)22-13-5-2-6-14(8-13)23-18(26)16-17(19)21-10-15(24-16)12-4-3-7-20-9-12;;;;/h2-10H,1H3,(H2,19,21)(H,22,25)(H,23,26);4*1H. The molecule has 3 rings (SSSR count). The van der Waals surface area contributed by atoms with Crippen molar-refractivity contribution in [2.24, 2.45) is 0 Å². The van der Waals surface area contributed by atoms with E-state index in [0.717, 1.165) is 5.56 Å². The van der Waals surface area contributed by atoms with Crippen LogP contribution in [-0.2, 0) is 4.79 Å². The summed E-state index contributed by atoms with van der Waals surface area (Å²) >= 11 is 0. The van der Waals surface area contributed by atoms with Gasteiger partial charge in [0.05, 0.1) is 11.9 Å². The van der Waals surface area contributed by atoms with Gasteiger partial charge in [0.15, 0.2) is 11.5 Å². The van der Waals surface area contributed by atoms with Crippen molar-refractivity contribution < 1.29 is 15.3 Å². The average molecular weight is 356 g/mol. The number of rotatable bonds is 4. The summed E-state index contributed by atoms with van der Waals surface area (Å²) in [6.45, 7) is 1.41. The van der Waals surface area contributed by atoms with E-state index in [9.17, 15) is 9.59 Å². The van der Waals surface area contributed by atoms with E-state index in [2.05, 4.69) is 25.6 Å². The van der Waals surface area contributed by atoms with Gasteiger partial charge in [-0.2, -0.15) is 0 Å². The molecule has 0 bridgehead atoms. The van der Waals surface area contributed by atoms with Crippen molar-refractivity contribution in [3.05, 3.63) is 60.7 Å². The number of carbonyl (C=O) groups excluding carboxylic acids is 2. The Morgan fingerprint density at radius 3 is 2.54 bits per heavy atom. The number of nitrogens with one attached hydrogen (secondary N) is 2. The maximum Gasteiger partial charge on any atom is 0.278 e. The molecule has 0 aliphatic heterocycles. The van der Waals surface area contributed by atoms with Crippen LogP contribution in [-0.4, -0.2) is 26.8 Å². The Bertz CT molecular complexity index is 976. The van der Waals surface area contributed by atoms with Gasteiger partial charge in [-0.25, -0.2) is 9.97 Å². The molecule has 1 aromatic carbocycles. The van der Waals surface area contributed by atoms with Gasteiger partial charge in [0.2, 0.25) is 5.91 Å². The zero-order chi connectivity index (χ0) is 18.5. The van der Waals surface area contributed by atoms with Gasteiger partial charge in [-0.1, -0.05) is 6.07 Å². The van der Waals surface area contributed by atoms with Gasteiger partial charge in [-0.3, -0.25) is 14.6 Å². The number of benzene rings is 1. The molecule has 4 N–H and O–H groups in total. The Balaban J connectivity index is 0. The third-order valence-corrected chi connectivity index (χ3v) is 3.41. The smallest absolute Gasteiger partial charge is 0.278 e. The minimum Gasteiger partial charge on any atom is -0.382 e. The highest BCUT2D eigenvalue weighted by atomic mass is 16.2. The van der Waals surface area contributed by atoms with Crippen LogP contribution in [0.25, 0.3) is 11.3 Å². The van der Waals surface area contributed by atoms with Crippen molar-refractivity contribution >= 4 is 29.0 Å². The SMILES string of the molecule is CC(=O)Nc1cccc(NC(=O)c2nc(-c3cccnc3)cnc2N)c1.[HH].[HH].[HH].[HH]. The molecular weight excluding hydrogens is 332 g/mol. The normalized spacial score (nSPS) is 10.2. The van der Waals surface area contributed by atoms with Gasteiger partial charge in [0, 0.05) is 42.0 Å². The molecule has 2 heterocycles. The molecule has 0 unspecified atom stereocenters. The fraction of sp³-hybridized carbons (Fsp3) is 0.0556. The number of nitrogens with zero attached hydrogens (tertiary/aromatic N) is 3. The third kappa shape index (κ3) is 3.99. The van der Waals surface area contributed by atoms with E-state index in [4.69, 9.17) is 5.73 Å². The van der Waals surface area contributed by atoms with Gasteiger partial charge >= 0.3 is 0 Å². The van der Waals surface area contributed by atoms with E-state index >= 15 is 0 Å². The lowest BCUT2D eigenvalue weighted by atomic mass is 10.2. The van der Waals surface area contributed by atoms with E-state index in [1.807, 2.05) is 6.07 Å². The molecule has 0 spiro atoms. The zero-order valence-corrected chi connectivity index (χ0v) is 13.9. The summed E-state index contributed by atoms with van der Waals surface area (Å²) in [5.74, 6) is -0.679. The molecule has 2 aromatic heterocycles. The van der Waals surface area contributed by atoms with Gasteiger partial charge in [-0.05, 0) is 30.3 Å². The van der Waals surface area contributed by atoms with Crippen LogP contribution < -0.4 is 16.4 Å². The molecule has 0 saturated carbocycles. The predicted octanol–water partition coefficient (Wildman–Crippen LogP) is 3.32. The van der Waals surface area contributed by atoms with E-state index in [1.165, 1.54) is 13.1 Å². The Morgan fingerprint density at radius 1 is 1.08 bits per heavy atom. The number of aromatic nitrogens is 3. The number of anilines is 3. The zero-order valence-electron chi connectivity index (χ0n) is 13.9. The molecule has 2 amide bonds. The summed E-state index contributed by atoms with van der Waals surface area (Å²) in [5, 5.41) is 5.35. The van der Waals surface area contributed by atoms with Crippen LogP contribution in [0, 0.1) is 0 Å². The first-order valence-corrected chi connectivity index (χ1v) is 7.75. The third-order valence-electron chi connectivity index (χ3n) is 3.41. The molecule has 26 heavy (non-hydrogen) atoms. The number of nitrogen functional groups attached to an aromatic ring is 1. The summed E-state index contributed by atoms with van der Waals surface area (Å²) in [5.41, 5.74) is 8.10. The minimum atomic E-state index is -0.499. The van der Waals surface area contributed by atoms with Crippen LogP contribution in [0.4, 0.5) is 17.2 Å². The van der Waals surface area contributed by atoms with Crippen LogP contribution >= 0.6 is 0 Å². The van der Waals surface area contributed by atoms with Gasteiger partial charge < -0.3 is 16.4 Å². The molecule has 8 heteroatoms. The molecule has 0 aliphatic rings. The number of hydrogen-bond acceptors (Lipinski definition) is 6. The molecular formula is C18H24N6O2. The number of hydrogen-bond donors (Lipinski definition) is 3. The summed E-state index contributed by atoms with van der Waals surface area (Å²) in [6, 6.07) is 10.3. The van der Waals surface area contributed by atoms with E-state index in [0.29, 0.717) is 17.1 Å². The van der Waals surface area contributed by atoms with Gasteiger partial charge in [0.25, 0.3) is 5.91 Å². The Labute approximate surface area is 155 Å². The van der Waals surface area contributed by atoms with Crippen molar-refractivity contribution in [3.63, 3.8) is 0 Å². The van der Waals surface area contributed by atoms with Crippen molar-refractivity contribution in [1.82, 2.24) is 15.0 Å². The highest BCUT2D eigenvalue weighted by Gasteiger charge is 2.15. The quantitative estimate of drug-likeness (QED) is 0.659. The van der Waals surface area contributed by atoms with E-state index < -0.39 is 5.91 Å². The van der Waals surface area contributed by atoms with Crippen molar-refractivity contribution in [2.45, 2.75) is 6.92 Å². The van der Waals surface area contributed by atoms with Crippen LogP contribution in [0.3, 0.4) is 0 Å². The van der Waals surface area contributed by atoms with Crippen molar-refractivity contribution in [3.8, 4) is 11.3 Å². The first-order chi connectivity index (χ1) is 12.5. The number of pyridine rings is 1. The van der Waals surface area contributed by atoms with E-state index in [-0.39, 0.29) is 23.1 Å². The second kappa shape index (κ2) is 7.39. The minimum absolute atomic E-state index is 0. The second-order valence-electron chi connectivity index (χ2n) is 5.45. The second-order valence-corrected chi connectivity index (χ2v) is 5.45. The Morgan fingerprint density at radius 2 is 1.85 bits per heavy atom. The maximum atomic E-state index is 12.6. The lowest BCUT2D eigenvalue weighted by molar-refractivity contribution is -0.114. The molecule has 0 aliphatic carbocycles. The number of carbonyl (C=O) groups is 2. The van der Waals surface area contributed by atoms with Gasteiger partial charge in [-0.15, -0.1) is 0 Å². The monoisotopic (exact) mass is 356 g/mol. The lowest BCUT2D eigenvalue weighted by Crippen LogP contribution is -2.17. The molecule has 138 valence electrons. The summed E-state index contributed by atoms with van der Waals surface area (Å²) < 4.78 is 0.